The average Bonchev–Trinajstić information content (AvgIpc) is 3.13. The number of hydrogen-bond donors (Lipinski definition) is 2. The van der Waals surface area contributed by atoms with E-state index in [9.17, 15) is 4.79 Å². The van der Waals surface area contributed by atoms with Crippen molar-refractivity contribution in [1.29, 1.82) is 0 Å². The second-order valence-electron chi connectivity index (χ2n) is 7.20. The summed E-state index contributed by atoms with van der Waals surface area (Å²) in [6.07, 6.45) is 2.27. The maximum Gasteiger partial charge on any atom is 0.322 e. The number of benzene rings is 1. The largest absolute Gasteiger partial charge is 0.378 e. The van der Waals surface area contributed by atoms with Gasteiger partial charge in [-0.2, -0.15) is 0 Å². The van der Waals surface area contributed by atoms with Gasteiger partial charge in [-0.25, -0.2) is 9.78 Å². The van der Waals surface area contributed by atoms with E-state index in [0.717, 1.165) is 66.8 Å². The van der Waals surface area contributed by atoms with Gasteiger partial charge >= 0.3 is 6.03 Å². The van der Waals surface area contributed by atoms with Gasteiger partial charge in [0.25, 0.3) is 0 Å². The fourth-order valence-corrected chi connectivity index (χ4v) is 5.09. The Kier molecular flexibility index (Phi) is 4.18. The Bertz CT molecular complexity index is 811. The molecule has 4 saturated heterocycles. The molecule has 0 spiro atoms. The fraction of sp³-hybridized carbons (Fsp3) is 0.556. The molecule has 0 aliphatic carbocycles. The highest BCUT2D eigenvalue weighted by Crippen LogP contribution is 2.31. The van der Waals surface area contributed by atoms with Crippen molar-refractivity contribution >= 4 is 38.4 Å². The molecule has 5 heterocycles. The van der Waals surface area contributed by atoms with Crippen LogP contribution in [-0.2, 0) is 4.74 Å². The Morgan fingerprint density at radius 3 is 2.92 bits per heavy atom. The number of nitrogens with zero attached hydrogens (tertiary/aromatic N) is 3. The lowest BCUT2D eigenvalue weighted by Gasteiger charge is -2.45. The molecule has 4 aliphatic rings. The summed E-state index contributed by atoms with van der Waals surface area (Å²) in [7, 11) is 0. The minimum Gasteiger partial charge on any atom is -0.378 e. The molecule has 2 amide bonds. The van der Waals surface area contributed by atoms with Gasteiger partial charge < -0.3 is 25.2 Å². The first-order valence-corrected chi connectivity index (χ1v) is 10.1. The number of thiazole rings is 1. The normalized spacial score (nSPS) is 25.7. The van der Waals surface area contributed by atoms with E-state index in [1.165, 1.54) is 6.42 Å². The molecule has 4 aliphatic heterocycles. The van der Waals surface area contributed by atoms with Crippen molar-refractivity contribution in [2.45, 2.75) is 24.9 Å². The van der Waals surface area contributed by atoms with Gasteiger partial charge in [-0.1, -0.05) is 11.3 Å². The highest BCUT2D eigenvalue weighted by atomic mass is 32.1. The molecular formula is C18H23N5O2S. The van der Waals surface area contributed by atoms with Gasteiger partial charge in [-0.3, -0.25) is 0 Å². The lowest BCUT2D eigenvalue weighted by atomic mass is 9.93. The number of ether oxygens (including phenoxy) is 1. The third kappa shape index (κ3) is 3.02. The molecule has 2 aromatic rings. The molecule has 1 aromatic heterocycles. The number of rotatable bonds is 2. The summed E-state index contributed by atoms with van der Waals surface area (Å²) in [5.74, 6) is 0. The molecule has 7 nitrogen and oxygen atoms in total. The second-order valence-corrected chi connectivity index (χ2v) is 8.21. The highest BCUT2D eigenvalue weighted by molar-refractivity contribution is 7.22. The van der Waals surface area contributed by atoms with E-state index in [0.29, 0.717) is 12.1 Å². The molecule has 138 valence electrons. The Labute approximate surface area is 156 Å². The molecule has 1 aromatic carbocycles. The smallest absolute Gasteiger partial charge is 0.322 e. The van der Waals surface area contributed by atoms with Crippen LogP contribution in [0.25, 0.3) is 10.2 Å². The number of morpholine rings is 1. The Hall–Kier alpha value is -1.90. The summed E-state index contributed by atoms with van der Waals surface area (Å²) in [6.45, 7) is 4.99. The topological polar surface area (TPSA) is 69.7 Å². The zero-order valence-corrected chi connectivity index (χ0v) is 15.4. The highest BCUT2D eigenvalue weighted by Gasteiger charge is 2.36. The number of aromatic nitrogens is 1. The zero-order chi connectivity index (χ0) is 17.5. The van der Waals surface area contributed by atoms with Crippen molar-refractivity contribution in [1.82, 2.24) is 15.2 Å². The minimum absolute atomic E-state index is 0.0125. The lowest BCUT2D eigenvalue weighted by Crippen LogP contribution is -2.63. The number of amides is 2. The maximum absolute atomic E-state index is 12.7. The molecule has 6 rings (SSSR count). The fourth-order valence-electron chi connectivity index (χ4n) is 4.03. The van der Waals surface area contributed by atoms with Gasteiger partial charge in [-0.05, 0) is 31.0 Å². The van der Waals surface area contributed by atoms with Crippen LogP contribution in [0.15, 0.2) is 18.2 Å². The van der Waals surface area contributed by atoms with Crippen LogP contribution in [0.2, 0.25) is 0 Å². The predicted molar refractivity (Wildman–Crippen MR) is 103 cm³/mol. The number of piperidine rings is 2. The molecule has 2 atom stereocenters. The number of carbonyl (C=O) groups is 1. The molecule has 4 fully saturated rings. The van der Waals surface area contributed by atoms with E-state index in [4.69, 9.17) is 9.72 Å². The van der Waals surface area contributed by atoms with Gasteiger partial charge in [0, 0.05) is 44.0 Å². The molecule has 2 N–H and O–H groups in total. The van der Waals surface area contributed by atoms with E-state index in [1.54, 1.807) is 11.3 Å². The van der Waals surface area contributed by atoms with Crippen molar-refractivity contribution in [3.8, 4) is 0 Å². The summed E-state index contributed by atoms with van der Waals surface area (Å²) in [6, 6.07) is 6.76. The number of piperazine rings is 1. The van der Waals surface area contributed by atoms with Gasteiger partial charge in [0.05, 0.1) is 23.4 Å². The van der Waals surface area contributed by atoms with Crippen molar-refractivity contribution in [2.24, 2.45) is 0 Å². The summed E-state index contributed by atoms with van der Waals surface area (Å²) < 4.78 is 6.52. The van der Waals surface area contributed by atoms with Crippen molar-refractivity contribution in [3.05, 3.63) is 18.2 Å². The summed E-state index contributed by atoms with van der Waals surface area (Å²) in [4.78, 5) is 21.7. The summed E-state index contributed by atoms with van der Waals surface area (Å²) >= 11 is 1.68. The lowest BCUT2D eigenvalue weighted by molar-refractivity contribution is 0.106. The molecular weight excluding hydrogens is 350 g/mol. The maximum atomic E-state index is 12.7. The van der Waals surface area contributed by atoms with E-state index < -0.39 is 0 Å². The van der Waals surface area contributed by atoms with Crippen molar-refractivity contribution < 1.29 is 9.53 Å². The predicted octanol–water partition coefficient (Wildman–Crippen LogP) is 2.10. The Morgan fingerprint density at radius 1 is 1.31 bits per heavy atom. The van der Waals surface area contributed by atoms with Gasteiger partial charge in [0.15, 0.2) is 5.13 Å². The SMILES string of the molecule is O=C(Nc1ccc2nc(N3CCOCC3)sc2c1)N1CC2CCC1CN2. The van der Waals surface area contributed by atoms with Crippen LogP contribution in [0.5, 0.6) is 0 Å². The molecule has 0 saturated carbocycles. The first-order chi connectivity index (χ1) is 12.8. The second kappa shape index (κ2) is 6.68. The van der Waals surface area contributed by atoms with Crippen LogP contribution in [0, 0.1) is 0 Å². The molecule has 2 bridgehead atoms. The van der Waals surface area contributed by atoms with E-state index in [-0.39, 0.29) is 6.03 Å². The monoisotopic (exact) mass is 373 g/mol. The summed E-state index contributed by atoms with van der Waals surface area (Å²) in [5.41, 5.74) is 1.82. The van der Waals surface area contributed by atoms with E-state index >= 15 is 0 Å². The van der Waals surface area contributed by atoms with E-state index in [2.05, 4.69) is 15.5 Å². The van der Waals surface area contributed by atoms with Crippen molar-refractivity contribution in [3.63, 3.8) is 0 Å². The first-order valence-electron chi connectivity index (χ1n) is 9.30. The number of fused-ring (bicyclic) bond motifs is 4. The van der Waals surface area contributed by atoms with Gasteiger partial charge in [0.2, 0.25) is 0 Å². The van der Waals surface area contributed by atoms with E-state index in [1.807, 2.05) is 23.1 Å². The van der Waals surface area contributed by atoms with Crippen LogP contribution in [0.3, 0.4) is 0 Å². The number of nitrogens with one attached hydrogen (secondary N) is 2. The van der Waals surface area contributed by atoms with Crippen LogP contribution in [0.4, 0.5) is 15.6 Å². The molecule has 0 radical (unpaired) electrons. The Balaban J connectivity index is 1.32. The number of urea groups is 1. The standard InChI is InChI=1S/C18H23N5O2S/c24-17(23-11-13-1-3-14(23)10-19-13)20-12-2-4-15-16(9-12)26-18(21-15)22-5-7-25-8-6-22/h2,4,9,13-14,19H,1,3,5-8,10-11H2,(H,20,24). The van der Waals surface area contributed by atoms with Crippen LogP contribution in [-0.4, -0.2) is 67.4 Å². The van der Waals surface area contributed by atoms with Gasteiger partial charge in [0.1, 0.15) is 0 Å². The molecule has 8 heteroatoms. The third-order valence-electron chi connectivity index (χ3n) is 5.52. The minimum atomic E-state index is 0.0125. The Morgan fingerprint density at radius 2 is 2.19 bits per heavy atom. The molecule has 2 unspecified atom stereocenters. The number of anilines is 2. The average molecular weight is 373 g/mol. The van der Waals surface area contributed by atoms with Crippen LogP contribution >= 0.6 is 11.3 Å². The van der Waals surface area contributed by atoms with Gasteiger partial charge in [-0.15, -0.1) is 0 Å². The number of hydrogen-bond acceptors (Lipinski definition) is 6. The molecule has 26 heavy (non-hydrogen) atoms. The quantitative estimate of drug-likeness (QED) is 0.844. The third-order valence-corrected chi connectivity index (χ3v) is 6.60. The zero-order valence-electron chi connectivity index (χ0n) is 14.6. The first kappa shape index (κ1) is 16.3. The number of carbonyl (C=O) groups excluding carboxylic acids is 1. The van der Waals surface area contributed by atoms with Crippen LogP contribution < -0.4 is 15.5 Å². The van der Waals surface area contributed by atoms with Crippen molar-refractivity contribution in [2.75, 3.05) is 49.6 Å². The summed E-state index contributed by atoms with van der Waals surface area (Å²) in [5, 5.41) is 7.60. The van der Waals surface area contributed by atoms with Crippen LogP contribution in [0.1, 0.15) is 12.8 Å².